The summed E-state index contributed by atoms with van der Waals surface area (Å²) < 4.78 is 3.15. The maximum atomic E-state index is 9.71. The Labute approximate surface area is 131 Å². The highest BCUT2D eigenvalue weighted by Crippen LogP contribution is 2.22. The van der Waals surface area contributed by atoms with E-state index < -0.39 is 0 Å². The Morgan fingerprint density at radius 1 is 1.35 bits per heavy atom. The lowest BCUT2D eigenvalue weighted by atomic mass is 9.91. The van der Waals surface area contributed by atoms with Gasteiger partial charge < -0.3 is 10.4 Å². The third-order valence-electron chi connectivity index (χ3n) is 4.05. The molecule has 0 aliphatic rings. The third kappa shape index (κ3) is 4.30. The fourth-order valence-corrected chi connectivity index (χ4v) is 2.77. The summed E-state index contributed by atoms with van der Waals surface area (Å²) in [6.45, 7) is 10.4. The number of hydrogen-bond acceptors (Lipinski definition) is 3. The summed E-state index contributed by atoms with van der Waals surface area (Å²) in [5.41, 5.74) is 2.08. The van der Waals surface area contributed by atoms with Gasteiger partial charge in [-0.05, 0) is 62.0 Å². The molecule has 0 spiro atoms. The van der Waals surface area contributed by atoms with Crippen LogP contribution in [-0.4, -0.2) is 33.6 Å². The van der Waals surface area contributed by atoms with Crippen LogP contribution in [0.25, 0.3) is 0 Å². The van der Waals surface area contributed by atoms with Gasteiger partial charge in [0.25, 0.3) is 0 Å². The van der Waals surface area contributed by atoms with Gasteiger partial charge in [0.2, 0.25) is 0 Å². The average molecular weight is 346 g/mol. The number of halogens is 1. The van der Waals surface area contributed by atoms with Crippen molar-refractivity contribution in [2.75, 3.05) is 13.2 Å². The SMILES string of the molecule is CCCNC(CC)(CO)CCCn1nc(C)c(Br)c1C. The van der Waals surface area contributed by atoms with E-state index in [0.717, 1.165) is 48.9 Å². The van der Waals surface area contributed by atoms with Gasteiger partial charge in [-0.1, -0.05) is 13.8 Å². The second-order valence-corrected chi connectivity index (χ2v) is 6.32. The van der Waals surface area contributed by atoms with E-state index in [9.17, 15) is 5.11 Å². The zero-order valence-corrected chi connectivity index (χ0v) is 14.8. The summed E-state index contributed by atoms with van der Waals surface area (Å²) in [5, 5.41) is 17.8. The van der Waals surface area contributed by atoms with Crippen molar-refractivity contribution in [3.8, 4) is 0 Å². The normalized spacial score (nSPS) is 14.5. The minimum atomic E-state index is -0.136. The fourth-order valence-electron chi connectivity index (χ4n) is 2.49. The van der Waals surface area contributed by atoms with Crippen molar-refractivity contribution >= 4 is 15.9 Å². The molecule has 4 nitrogen and oxygen atoms in total. The van der Waals surface area contributed by atoms with Crippen molar-refractivity contribution in [2.24, 2.45) is 0 Å². The number of nitrogens with one attached hydrogen (secondary N) is 1. The zero-order valence-electron chi connectivity index (χ0n) is 13.2. The Balaban J connectivity index is 2.57. The first kappa shape index (κ1) is 17.7. The molecular formula is C15H28BrN3O. The van der Waals surface area contributed by atoms with Gasteiger partial charge in [0.1, 0.15) is 0 Å². The Morgan fingerprint density at radius 2 is 2.05 bits per heavy atom. The summed E-state index contributed by atoms with van der Waals surface area (Å²) in [6, 6.07) is 0. The van der Waals surface area contributed by atoms with Crippen LogP contribution >= 0.6 is 15.9 Å². The van der Waals surface area contributed by atoms with Gasteiger partial charge in [-0.25, -0.2) is 0 Å². The first-order valence-corrected chi connectivity index (χ1v) is 8.34. The molecule has 1 rings (SSSR count). The van der Waals surface area contributed by atoms with Gasteiger partial charge in [-0.2, -0.15) is 5.10 Å². The molecule has 0 aliphatic heterocycles. The number of aliphatic hydroxyl groups excluding tert-OH is 1. The standard InChI is InChI=1S/C15H28BrN3O/c1-5-9-17-15(6-2,11-20)8-7-10-19-13(4)14(16)12(3)18-19/h17,20H,5-11H2,1-4H3. The van der Waals surface area contributed by atoms with Crippen LogP contribution in [0.2, 0.25) is 0 Å². The lowest BCUT2D eigenvalue weighted by molar-refractivity contribution is 0.142. The lowest BCUT2D eigenvalue weighted by Gasteiger charge is -2.32. The molecule has 0 amide bonds. The van der Waals surface area contributed by atoms with Crippen LogP contribution in [0.5, 0.6) is 0 Å². The molecule has 1 aromatic heterocycles. The van der Waals surface area contributed by atoms with E-state index in [1.54, 1.807) is 0 Å². The topological polar surface area (TPSA) is 50.1 Å². The molecule has 1 unspecified atom stereocenters. The van der Waals surface area contributed by atoms with Gasteiger partial charge >= 0.3 is 0 Å². The van der Waals surface area contributed by atoms with Crippen molar-refractivity contribution in [2.45, 2.75) is 65.5 Å². The first-order valence-electron chi connectivity index (χ1n) is 7.55. The molecule has 2 N–H and O–H groups in total. The van der Waals surface area contributed by atoms with Crippen LogP contribution in [-0.2, 0) is 6.54 Å². The highest BCUT2D eigenvalue weighted by Gasteiger charge is 2.25. The Hall–Kier alpha value is -0.390. The molecule has 0 aliphatic carbocycles. The predicted octanol–water partition coefficient (Wildman–Crippen LogP) is 3.18. The summed E-state index contributed by atoms with van der Waals surface area (Å²) >= 11 is 3.56. The Bertz CT molecular complexity index is 413. The van der Waals surface area contributed by atoms with Crippen LogP contribution in [0.1, 0.15) is 50.9 Å². The number of aryl methyl sites for hydroxylation is 2. The van der Waals surface area contributed by atoms with E-state index in [2.05, 4.69) is 51.8 Å². The Morgan fingerprint density at radius 3 is 2.50 bits per heavy atom. The van der Waals surface area contributed by atoms with E-state index in [1.807, 2.05) is 6.92 Å². The van der Waals surface area contributed by atoms with Gasteiger partial charge in [-0.3, -0.25) is 4.68 Å². The largest absolute Gasteiger partial charge is 0.394 e. The van der Waals surface area contributed by atoms with E-state index >= 15 is 0 Å². The van der Waals surface area contributed by atoms with E-state index in [1.165, 1.54) is 5.69 Å². The highest BCUT2D eigenvalue weighted by molar-refractivity contribution is 9.10. The van der Waals surface area contributed by atoms with E-state index in [0.29, 0.717) is 0 Å². The summed E-state index contributed by atoms with van der Waals surface area (Å²) in [6.07, 6.45) is 4.02. The second kappa shape index (κ2) is 8.15. The maximum Gasteiger partial charge on any atom is 0.0738 e. The van der Waals surface area contributed by atoms with Crippen LogP contribution in [0.3, 0.4) is 0 Å². The summed E-state index contributed by atoms with van der Waals surface area (Å²) in [4.78, 5) is 0. The molecule has 20 heavy (non-hydrogen) atoms. The summed E-state index contributed by atoms with van der Waals surface area (Å²) in [5.74, 6) is 0. The van der Waals surface area contributed by atoms with Crippen LogP contribution < -0.4 is 5.32 Å². The van der Waals surface area contributed by atoms with Crippen molar-refractivity contribution in [1.82, 2.24) is 15.1 Å². The van der Waals surface area contributed by atoms with Crippen molar-refractivity contribution in [3.05, 3.63) is 15.9 Å². The van der Waals surface area contributed by atoms with Crippen molar-refractivity contribution < 1.29 is 5.11 Å². The average Bonchev–Trinajstić information content (AvgIpc) is 2.70. The molecule has 0 saturated heterocycles. The van der Waals surface area contributed by atoms with Gasteiger partial charge in [0.05, 0.1) is 16.8 Å². The molecular weight excluding hydrogens is 318 g/mol. The van der Waals surface area contributed by atoms with Crippen LogP contribution in [0.4, 0.5) is 0 Å². The van der Waals surface area contributed by atoms with Crippen molar-refractivity contribution in [3.63, 3.8) is 0 Å². The molecule has 116 valence electrons. The first-order chi connectivity index (χ1) is 9.49. The second-order valence-electron chi connectivity index (χ2n) is 5.53. The highest BCUT2D eigenvalue weighted by atomic mass is 79.9. The molecule has 0 radical (unpaired) electrons. The molecule has 1 atom stereocenters. The maximum absolute atomic E-state index is 9.71. The molecule has 0 bridgehead atoms. The minimum Gasteiger partial charge on any atom is -0.394 e. The number of nitrogens with zero attached hydrogens (tertiary/aromatic N) is 2. The third-order valence-corrected chi connectivity index (χ3v) is 5.20. The minimum absolute atomic E-state index is 0.136. The Kier molecular flexibility index (Phi) is 7.20. The number of aromatic nitrogens is 2. The van der Waals surface area contributed by atoms with Gasteiger partial charge in [-0.15, -0.1) is 0 Å². The predicted molar refractivity (Wildman–Crippen MR) is 87.0 cm³/mol. The zero-order chi connectivity index (χ0) is 15.2. The lowest BCUT2D eigenvalue weighted by Crippen LogP contribution is -2.48. The monoisotopic (exact) mass is 345 g/mol. The molecule has 5 heteroatoms. The summed E-state index contributed by atoms with van der Waals surface area (Å²) in [7, 11) is 0. The van der Waals surface area contributed by atoms with E-state index in [4.69, 9.17) is 0 Å². The quantitative estimate of drug-likeness (QED) is 0.722. The molecule has 1 heterocycles. The van der Waals surface area contributed by atoms with Crippen LogP contribution in [0.15, 0.2) is 4.47 Å². The van der Waals surface area contributed by atoms with E-state index in [-0.39, 0.29) is 12.1 Å². The number of rotatable bonds is 9. The smallest absolute Gasteiger partial charge is 0.0738 e. The van der Waals surface area contributed by atoms with Crippen molar-refractivity contribution in [1.29, 1.82) is 0 Å². The van der Waals surface area contributed by atoms with Gasteiger partial charge in [0, 0.05) is 17.8 Å². The molecule has 0 saturated carbocycles. The van der Waals surface area contributed by atoms with Crippen LogP contribution in [0, 0.1) is 13.8 Å². The van der Waals surface area contributed by atoms with Gasteiger partial charge in [0.15, 0.2) is 0 Å². The molecule has 0 fully saturated rings. The fraction of sp³-hybridized carbons (Fsp3) is 0.800. The molecule has 0 aromatic carbocycles. The number of aliphatic hydroxyl groups is 1. The molecule has 1 aromatic rings. The number of hydrogen-bond donors (Lipinski definition) is 2.